The zero-order valence-corrected chi connectivity index (χ0v) is 23.3. The fraction of sp³-hybridized carbons (Fsp3) is 0.147. The van der Waals surface area contributed by atoms with E-state index < -0.39 is 11.6 Å². The Morgan fingerprint density at radius 3 is 2.26 bits per heavy atom. The number of hydrogen-bond acceptors (Lipinski definition) is 5. The van der Waals surface area contributed by atoms with Gasteiger partial charge in [-0.25, -0.2) is 8.78 Å². The monoisotopic (exact) mass is 568 g/mol. The number of nitrogens with one attached hydrogen (secondary N) is 1. The summed E-state index contributed by atoms with van der Waals surface area (Å²) < 4.78 is 47.0. The average Bonchev–Trinajstić information content (AvgIpc) is 3.00. The van der Waals surface area contributed by atoms with E-state index in [0.717, 1.165) is 34.7 Å². The molecule has 1 aromatic heterocycles. The van der Waals surface area contributed by atoms with Gasteiger partial charge in [0, 0.05) is 48.7 Å². The molecule has 8 heteroatoms. The molecule has 5 rings (SSSR count). The van der Waals surface area contributed by atoms with Crippen LogP contribution in [0.4, 0.5) is 14.5 Å². The third-order valence-corrected chi connectivity index (χ3v) is 6.54. The van der Waals surface area contributed by atoms with E-state index in [2.05, 4.69) is 5.32 Å². The summed E-state index contributed by atoms with van der Waals surface area (Å²) in [6.07, 6.45) is 1.65. The highest BCUT2D eigenvalue weighted by atomic mass is 19.1. The van der Waals surface area contributed by atoms with Crippen LogP contribution in [0, 0.1) is 11.6 Å². The summed E-state index contributed by atoms with van der Waals surface area (Å²) in [5.41, 5.74) is 3.80. The molecule has 0 bridgehead atoms. The average molecular weight is 569 g/mol. The number of hydrogen-bond donors (Lipinski definition) is 1. The van der Waals surface area contributed by atoms with Crippen LogP contribution in [-0.2, 0) is 20.2 Å². The van der Waals surface area contributed by atoms with Gasteiger partial charge in [0.15, 0.2) is 11.6 Å². The molecule has 0 saturated heterocycles. The highest BCUT2D eigenvalue weighted by Gasteiger charge is 2.17. The topological polar surface area (TPSA) is 61.7 Å². The molecular weight excluding hydrogens is 538 g/mol. The summed E-state index contributed by atoms with van der Waals surface area (Å²) >= 11 is 0. The number of rotatable bonds is 11. The molecule has 0 atom stereocenters. The minimum absolute atomic E-state index is 0.129. The maximum absolute atomic E-state index is 14.5. The fourth-order valence-corrected chi connectivity index (χ4v) is 4.35. The van der Waals surface area contributed by atoms with E-state index in [1.165, 1.54) is 16.7 Å². The number of ether oxygens (including phenoxy) is 3. The quantitative estimate of drug-likeness (QED) is 0.177. The molecule has 4 aromatic carbocycles. The highest BCUT2D eigenvalue weighted by Crippen LogP contribution is 2.40. The first-order valence-electron chi connectivity index (χ1n) is 13.5. The van der Waals surface area contributed by atoms with Gasteiger partial charge in [-0.15, -0.1) is 0 Å². The Kier molecular flexibility index (Phi) is 8.82. The molecule has 0 aliphatic carbocycles. The molecule has 0 aliphatic heterocycles. The first-order valence-corrected chi connectivity index (χ1v) is 13.5. The van der Waals surface area contributed by atoms with Crippen molar-refractivity contribution in [2.75, 3.05) is 11.9 Å². The normalized spacial score (nSPS) is 10.8. The van der Waals surface area contributed by atoms with Gasteiger partial charge in [-0.1, -0.05) is 42.5 Å². The highest BCUT2D eigenvalue weighted by molar-refractivity contribution is 5.78. The molecule has 0 amide bonds. The van der Waals surface area contributed by atoms with Gasteiger partial charge < -0.3 is 24.1 Å². The maximum Gasteiger partial charge on any atom is 0.254 e. The van der Waals surface area contributed by atoms with Gasteiger partial charge in [-0.3, -0.25) is 4.79 Å². The van der Waals surface area contributed by atoms with Crippen LogP contribution in [0.15, 0.2) is 108 Å². The van der Waals surface area contributed by atoms with E-state index in [1.54, 1.807) is 25.4 Å². The van der Waals surface area contributed by atoms with E-state index >= 15 is 0 Å². The molecule has 1 heterocycles. The second-order valence-electron chi connectivity index (χ2n) is 9.59. The third-order valence-electron chi connectivity index (χ3n) is 6.54. The molecular formula is C34H30F2N2O4. The number of anilines is 1. The van der Waals surface area contributed by atoms with Gasteiger partial charge >= 0.3 is 0 Å². The molecule has 42 heavy (non-hydrogen) atoms. The van der Waals surface area contributed by atoms with Gasteiger partial charge in [0.05, 0.1) is 6.61 Å². The molecule has 0 spiro atoms. The van der Waals surface area contributed by atoms with Crippen molar-refractivity contribution in [2.24, 2.45) is 7.05 Å². The van der Waals surface area contributed by atoms with E-state index in [4.69, 9.17) is 14.2 Å². The summed E-state index contributed by atoms with van der Waals surface area (Å²) in [6, 6.07) is 27.7. The van der Waals surface area contributed by atoms with E-state index in [1.807, 2.05) is 67.6 Å². The van der Waals surface area contributed by atoms with Crippen molar-refractivity contribution in [3.8, 4) is 34.1 Å². The molecule has 0 radical (unpaired) electrons. The SMILES string of the molecule is CCOc1cc(=O)n(C)cc1-c1cc(NCc2ccc(OCc3ccccc3)cc2)ccc1Oc1ccc(F)cc1F. The number of aryl methyl sites for hydroxylation is 1. The van der Waals surface area contributed by atoms with Crippen LogP contribution in [0.5, 0.6) is 23.0 Å². The third kappa shape index (κ3) is 6.96. The number of benzene rings is 4. The first kappa shape index (κ1) is 28.4. The predicted octanol–water partition coefficient (Wildman–Crippen LogP) is 7.71. The van der Waals surface area contributed by atoms with Crippen LogP contribution in [0.2, 0.25) is 0 Å². The second kappa shape index (κ2) is 13.0. The van der Waals surface area contributed by atoms with Crippen LogP contribution < -0.4 is 25.1 Å². The van der Waals surface area contributed by atoms with Crippen molar-refractivity contribution in [1.82, 2.24) is 4.57 Å². The molecule has 0 unspecified atom stereocenters. The van der Waals surface area contributed by atoms with Crippen molar-refractivity contribution in [2.45, 2.75) is 20.1 Å². The van der Waals surface area contributed by atoms with Crippen molar-refractivity contribution in [3.63, 3.8) is 0 Å². The number of aromatic nitrogens is 1. The van der Waals surface area contributed by atoms with E-state index in [0.29, 0.717) is 42.4 Å². The zero-order valence-electron chi connectivity index (χ0n) is 23.3. The molecule has 6 nitrogen and oxygen atoms in total. The minimum atomic E-state index is -0.829. The van der Waals surface area contributed by atoms with Gasteiger partial charge in [-0.2, -0.15) is 0 Å². The molecule has 0 aliphatic rings. The largest absolute Gasteiger partial charge is 0.493 e. The lowest BCUT2D eigenvalue weighted by atomic mass is 10.0. The number of pyridine rings is 1. The van der Waals surface area contributed by atoms with Crippen LogP contribution in [0.25, 0.3) is 11.1 Å². The van der Waals surface area contributed by atoms with Crippen molar-refractivity contribution >= 4 is 5.69 Å². The Labute approximate surface area is 242 Å². The molecule has 214 valence electrons. The summed E-state index contributed by atoms with van der Waals surface area (Å²) in [7, 11) is 1.64. The molecule has 0 saturated carbocycles. The Bertz CT molecular complexity index is 1720. The van der Waals surface area contributed by atoms with Crippen LogP contribution in [0.1, 0.15) is 18.1 Å². The smallest absolute Gasteiger partial charge is 0.254 e. The first-order chi connectivity index (χ1) is 20.4. The van der Waals surface area contributed by atoms with Gasteiger partial charge in [-0.05, 0) is 60.5 Å². The number of halogens is 2. The van der Waals surface area contributed by atoms with Crippen molar-refractivity contribution < 1.29 is 23.0 Å². The molecule has 0 fully saturated rings. The lowest BCUT2D eigenvalue weighted by Crippen LogP contribution is -2.16. The van der Waals surface area contributed by atoms with Crippen molar-refractivity contribution in [3.05, 3.63) is 136 Å². The molecule has 5 aromatic rings. The Morgan fingerprint density at radius 1 is 0.762 bits per heavy atom. The number of nitrogens with zero attached hydrogens (tertiary/aromatic N) is 1. The Morgan fingerprint density at radius 2 is 1.52 bits per heavy atom. The minimum Gasteiger partial charge on any atom is -0.493 e. The predicted molar refractivity (Wildman–Crippen MR) is 159 cm³/mol. The standard InChI is InChI=1S/C34H30F2N2O4/c1-3-40-33-19-34(39)38(2)21-29(33)28-18-26(12-16-31(28)42-32-15-11-25(35)17-30(32)36)37-20-23-9-13-27(14-10-23)41-22-24-7-5-4-6-8-24/h4-19,21,37H,3,20,22H2,1-2H3. The van der Waals surface area contributed by atoms with E-state index in [-0.39, 0.29) is 11.3 Å². The lowest BCUT2D eigenvalue weighted by molar-refractivity contribution is 0.306. The van der Waals surface area contributed by atoms with Crippen LogP contribution in [-0.4, -0.2) is 11.2 Å². The second-order valence-corrected chi connectivity index (χ2v) is 9.59. The van der Waals surface area contributed by atoms with Gasteiger partial charge in [0.1, 0.15) is 29.7 Å². The van der Waals surface area contributed by atoms with Gasteiger partial charge in [0.2, 0.25) is 0 Å². The summed E-state index contributed by atoms with van der Waals surface area (Å²) in [6.45, 7) is 3.18. The fourth-order valence-electron chi connectivity index (χ4n) is 4.35. The Balaban J connectivity index is 1.39. The summed E-state index contributed by atoms with van der Waals surface area (Å²) in [5, 5.41) is 3.41. The summed E-state index contributed by atoms with van der Waals surface area (Å²) in [4.78, 5) is 12.4. The van der Waals surface area contributed by atoms with E-state index in [9.17, 15) is 13.6 Å². The Hall–Kier alpha value is -5.11. The van der Waals surface area contributed by atoms with Crippen LogP contribution >= 0.6 is 0 Å². The lowest BCUT2D eigenvalue weighted by Gasteiger charge is -2.18. The van der Waals surface area contributed by atoms with Gasteiger partial charge in [0.25, 0.3) is 5.56 Å². The summed E-state index contributed by atoms with van der Waals surface area (Å²) in [5.74, 6) is -0.205. The maximum atomic E-state index is 14.5. The van der Waals surface area contributed by atoms with Crippen molar-refractivity contribution in [1.29, 1.82) is 0 Å². The molecule has 1 N–H and O–H groups in total. The van der Waals surface area contributed by atoms with Crippen LogP contribution in [0.3, 0.4) is 0 Å². The zero-order chi connectivity index (χ0) is 29.5.